The van der Waals surface area contributed by atoms with E-state index in [1.807, 2.05) is 18.2 Å². The maximum atomic E-state index is 11.6. The van der Waals surface area contributed by atoms with Crippen LogP contribution in [0, 0.1) is 3.57 Å². The van der Waals surface area contributed by atoms with Crippen molar-refractivity contribution in [1.29, 1.82) is 0 Å². The molecule has 2 aromatic rings. The van der Waals surface area contributed by atoms with Crippen molar-refractivity contribution in [2.45, 2.75) is 6.61 Å². The van der Waals surface area contributed by atoms with E-state index in [4.69, 9.17) is 26.9 Å². The summed E-state index contributed by atoms with van der Waals surface area (Å²) in [6.45, 7) is 0.300. The Morgan fingerprint density at radius 1 is 1.36 bits per heavy atom. The molecule has 3 N–H and O–H groups in total. The van der Waals surface area contributed by atoms with Crippen molar-refractivity contribution in [2.24, 2.45) is 5.84 Å². The quantitative estimate of drug-likeness (QED) is 0.329. The van der Waals surface area contributed by atoms with Gasteiger partial charge in [0.1, 0.15) is 6.61 Å². The Bertz CT molecular complexity index is 694. The van der Waals surface area contributed by atoms with Crippen LogP contribution in [0.5, 0.6) is 11.5 Å². The van der Waals surface area contributed by atoms with Crippen LogP contribution in [0.1, 0.15) is 15.9 Å². The predicted octanol–water partition coefficient (Wildman–Crippen LogP) is 3.14. The highest BCUT2D eigenvalue weighted by atomic mass is 127. The molecule has 5 nitrogen and oxygen atoms in total. The smallest absolute Gasteiger partial charge is 0.265 e. The molecular formula is C15H14ClIN2O3. The van der Waals surface area contributed by atoms with Crippen molar-refractivity contribution in [3.63, 3.8) is 0 Å². The van der Waals surface area contributed by atoms with Crippen molar-refractivity contribution >= 4 is 40.1 Å². The van der Waals surface area contributed by atoms with E-state index >= 15 is 0 Å². The lowest BCUT2D eigenvalue weighted by Crippen LogP contribution is -2.30. The van der Waals surface area contributed by atoms with Gasteiger partial charge < -0.3 is 9.47 Å². The van der Waals surface area contributed by atoms with E-state index in [-0.39, 0.29) is 0 Å². The number of hydrazine groups is 1. The minimum Gasteiger partial charge on any atom is -0.493 e. The number of carbonyl (C=O) groups excluding carboxylic acids is 1. The van der Waals surface area contributed by atoms with Gasteiger partial charge in [0, 0.05) is 16.1 Å². The van der Waals surface area contributed by atoms with Gasteiger partial charge in [0.15, 0.2) is 11.5 Å². The Hall–Kier alpha value is -1.51. The summed E-state index contributed by atoms with van der Waals surface area (Å²) in [6, 6.07) is 10.7. The van der Waals surface area contributed by atoms with Crippen LogP contribution in [0.15, 0.2) is 36.4 Å². The second-order valence-electron chi connectivity index (χ2n) is 4.34. The second-order valence-corrected chi connectivity index (χ2v) is 5.91. The molecular weight excluding hydrogens is 419 g/mol. The highest BCUT2D eigenvalue weighted by molar-refractivity contribution is 14.1. The maximum absolute atomic E-state index is 11.6. The number of hydrogen-bond donors (Lipinski definition) is 2. The minimum absolute atomic E-state index is 0.300. The van der Waals surface area contributed by atoms with E-state index in [1.165, 1.54) is 7.11 Å². The zero-order valence-corrected chi connectivity index (χ0v) is 14.6. The Morgan fingerprint density at radius 2 is 2.09 bits per heavy atom. The zero-order chi connectivity index (χ0) is 16.1. The molecule has 0 aliphatic heterocycles. The van der Waals surface area contributed by atoms with Crippen LogP contribution in [0.3, 0.4) is 0 Å². The third-order valence-electron chi connectivity index (χ3n) is 2.95. The molecule has 0 aliphatic carbocycles. The first kappa shape index (κ1) is 16.9. The van der Waals surface area contributed by atoms with Gasteiger partial charge in [0.05, 0.1) is 10.7 Å². The van der Waals surface area contributed by atoms with Crippen LogP contribution in [0.25, 0.3) is 0 Å². The lowest BCUT2D eigenvalue weighted by molar-refractivity contribution is 0.0953. The lowest BCUT2D eigenvalue weighted by Gasteiger charge is -2.14. The number of nitrogens with two attached hydrogens (primary N) is 1. The fourth-order valence-corrected chi connectivity index (χ4v) is 2.79. The topological polar surface area (TPSA) is 73.6 Å². The van der Waals surface area contributed by atoms with Gasteiger partial charge in [-0.2, -0.15) is 0 Å². The second kappa shape index (κ2) is 7.66. The van der Waals surface area contributed by atoms with Crippen molar-refractivity contribution in [3.8, 4) is 11.5 Å². The number of nitrogen functional groups attached to an aromatic ring is 1. The van der Waals surface area contributed by atoms with E-state index in [1.54, 1.807) is 18.2 Å². The summed E-state index contributed by atoms with van der Waals surface area (Å²) in [7, 11) is 1.51. The summed E-state index contributed by atoms with van der Waals surface area (Å²) in [6.07, 6.45) is 0. The number of halogens is 2. The number of ether oxygens (including phenoxy) is 2. The SMILES string of the molecule is COc1cc(C(=O)NN)cc(I)c1OCc1ccccc1Cl. The summed E-state index contributed by atoms with van der Waals surface area (Å²) < 4.78 is 11.8. The number of carbonyl (C=O) groups is 1. The van der Waals surface area contributed by atoms with Gasteiger partial charge in [-0.05, 0) is 40.8 Å². The molecule has 0 aliphatic rings. The molecule has 0 fully saturated rings. The first-order valence-corrected chi connectivity index (χ1v) is 7.77. The molecule has 0 aromatic heterocycles. The van der Waals surface area contributed by atoms with Gasteiger partial charge in [-0.1, -0.05) is 29.8 Å². The maximum Gasteiger partial charge on any atom is 0.265 e. The predicted molar refractivity (Wildman–Crippen MR) is 93.1 cm³/mol. The molecule has 0 radical (unpaired) electrons. The highest BCUT2D eigenvalue weighted by Gasteiger charge is 2.15. The van der Waals surface area contributed by atoms with Crippen LogP contribution < -0.4 is 20.7 Å². The molecule has 0 saturated heterocycles. The van der Waals surface area contributed by atoms with Crippen LogP contribution in [0.2, 0.25) is 5.02 Å². The van der Waals surface area contributed by atoms with Crippen molar-refractivity contribution in [2.75, 3.05) is 7.11 Å². The van der Waals surface area contributed by atoms with Crippen molar-refractivity contribution in [1.82, 2.24) is 5.43 Å². The van der Waals surface area contributed by atoms with Crippen LogP contribution in [0.4, 0.5) is 0 Å². The number of rotatable bonds is 5. The Labute approximate surface area is 146 Å². The van der Waals surface area contributed by atoms with Crippen LogP contribution in [-0.4, -0.2) is 13.0 Å². The molecule has 2 aromatic carbocycles. The fourth-order valence-electron chi connectivity index (χ4n) is 1.84. The largest absolute Gasteiger partial charge is 0.493 e. The van der Waals surface area contributed by atoms with Gasteiger partial charge in [0.25, 0.3) is 5.91 Å². The molecule has 0 heterocycles. The summed E-state index contributed by atoms with van der Waals surface area (Å²) in [5.74, 6) is 5.76. The zero-order valence-electron chi connectivity index (χ0n) is 11.7. The monoisotopic (exact) mass is 432 g/mol. The van der Waals surface area contributed by atoms with E-state index < -0.39 is 5.91 Å². The molecule has 7 heteroatoms. The summed E-state index contributed by atoms with van der Waals surface area (Å²) in [5.41, 5.74) is 3.35. The van der Waals surface area contributed by atoms with Crippen molar-refractivity contribution < 1.29 is 14.3 Å². The molecule has 0 spiro atoms. The van der Waals surface area contributed by atoms with Gasteiger partial charge in [-0.25, -0.2) is 5.84 Å². The average Bonchev–Trinajstić information content (AvgIpc) is 2.53. The molecule has 0 saturated carbocycles. The molecule has 22 heavy (non-hydrogen) atoms. The first-order valence-electron chi connectivity index (χ1n) is 6.31. The third kappa shape index (κ3) is 3.82. The van der Waals surface area contributed by atoms with Crippen LogP contribution >= 0.6 is 34.2 Å². The molecule has 0 atom stereocenters. The lowest BCUT2D eigenvalue weighted by atomic mass is 10.2. The molecule has 116 valence electrons. The van der Waals surface area contributed by atoms with E-state index in [9.17, 15) is 4.79 Å². The van der Waals surface area contributed by atoms with Gasteiger partial charge in [0.2, 0.25) is 0 Å². The number of amides is 1. The standard InChI is InChI=1S/C15H14ClIN2O3/c1-21-13-7-10(15(20)19-18)6-12(17)14(13)22-8-9-4-2-3-5-11(9)16/h2-7H,8,18H2,1H3,(H,19,20). The number of methoxy groups -OCH3 is 1. The van der Waals surface area contributed by atoms with Crippen LogP contribution in [-0.2, 0) is 6.61 Å². The Kier molecular flexibility index (Phi) is 5.87. The first-order chi connectivity index (χ1) is 10.6. The number of nitrogens with one attached hydrogen (secondary N) is 1. The normalized spacial score (nSPS) is 10.2. The van der Waals surface area contributed by atoms with E-state index in [0.717, 1.165) is 9.13 Å². The Balaban J connectivity index is 2.27. The fraction of sp³-hybridized carbons (Fsp3) is 0.133. The summed E-state index contributed by atoms with van der Waals surface area (Å²) in [5, 5.41) is 0.635. The van der Waals surface area contributed by atoms with Gasteiger partial charge in [-0.15, -0.1) is 0 Å². The molecule has 0 bridgehead atoms. The molecule has 0 unspecified atom stereocenters. The third-order valence-corrected chi connectivity index (χ3v) is 4.12. The average molecular weight is 433 g/mol. The Morgan fingerprint density at radius 3 is 2.73 bits per heavy atom. The molecule has 1 amide bonds. The summed E-state index contributed by atoms with van der Waals surface area (Å²) in [4.78, 5) is 11.6. The summed E-state index contributed by atoms with van der Waals surface area (Å²) >= 11 is 8.19. The van der Waals surface area contributed by atoms with E-state index in [0.29, 0.717) is 28.7 Å². The van der Waals surface area contributed by atoms with E-state index in [2.05, 4.69) is 28.0 Å². The number of benzene rings is 2. The molecule has 2 rings (SSSR count). The van der Waals surface area contributed by atoms with Gasteiger partial charge >= 0.3 is 0 Å². The minimum atomic E-state index is -0.395. The number of hydrogen-bond acceptors (Lipinski definition) is 4. The van der Waals surface area contributed by atoms with Crippen molar-refractivity contribution in [3.05, 3.63) is 56.1 Å². The highest BCUT2D eigenvalue weighted by Crippen LogP contribution is 2.34. The van der Waals surface area contributed by atoms with Gasteiger partial charge in [-0.3, -0.25) is 10.2 Å².